The molecule has 0 aliphatic rings. The van der Waals surface area contributed by atoms with Crippen molar-refractivity contribution in [1.82, 2.24) is 9.88 Å². The van der Waals surface area contributed by atoms with Gasteiger partial charge in [-0.2, -0.15) is 0 Å². The van der Waals surface area contributed by atoms with E-state index in [2.05, 4.69) is 5.32 Å². The molecule has 0 bridgehead atoms. The Labute approximate surface area is 146 Å². The normalized spacial score (nSPS) is 10.4. The third kappa shape index (κ3) is 4.79. The van der Waals surface area contributed by atoms with Crippen molar-refractivity contribution in [2.45, 2.75) is 27.2 Å². The maximum absolute atomic E-state index is 12.4. The van der Waals surface area contributed by atoms with Gasteiger partial charge in [0.2, 0.25) is 11.7 Å². The lowest BCUT2D eigenvalue weighted by molar-refractivity contribution is -0.142. The van der Waals surface area contributed by atoms with Crippen molar-refractivity contribution in [2.75, 3.05) is 13.2 Å². The largest absolute Gasteiger partial charge is 0.457 e. The van der Waals surface area contributed by atoms with Crippen molar-refractivity contribution < 1.29 is 19.1 Å². The zero-order valence-corrected chi connectivity index (χ0v) is 14.7. The van der Waals surface area contributed by atoms with Crippen LogP contribution in [0.5, 0.6) is 0 Å². The molecule has 2 aromatic rings. The number of hydrogen-bond donors (Lipinski definition) is 1. The van der Waals surface area contributed by atoms with E-state index >= 15 is 0 Å². The Balaban J connectivity index is 2.01. The molecule has 1 aromatic carbocycles. The molecule has 6 nitrogen and oxygen atoms in total. The van der Waals surface area contributed by atoms with Gasteiger partial charge in [-0.05, 0) is 32.0 Å². The van der Waals surface area contributed by atoms with Gasteiger partial charge in [-0.25, -0.2) is 0 Å². The number of esters is 1. The van der Waals surface area contributed by atoms with Crippen LogP contribution in [0.3, 0.4) is 0 Å². The van der Waals surface area contributed by atoms with Crippen molar-refractivity contribution >= 4 is 17.7 Å². The minimum atomic E-state index is -0.515. The number of aromatic nitrogens is 1. The average Bonchev–Trinajstić information content (AvgIpc) is 2.87. The number of aryl methyl sites for hydroxylation is 1. The molecule has 1 heterocycles. The Morgan fingerprint density at radius 2 is 1.80 bits per heavy atom. The van der Waals surface area contributed by atoms with E-state index in [-0.39, 0.29) is 31.3 Å². The second-order valence-electron chi connectivity index (χ2n) is 5.77. The van der Waals surface area contributed by atoms with Crippen molar-refractivity contribution in [3.05, 3.63) is 53.3 Å². The lowest BCUT2D eigenvalue weighted by Crippen LogP contribution is -2.24. The van der Waals surface area contributed by atoms with E-state index in [4.69, 9.17) is 4.74 Å². The molecular formula is C19H22N2O4. The maximum Gasteiger partial charge on any atom is 0.308 e. The van der Waals surface area contributed by atoms with Gasteiger partial charge in [-0.3, -0.25) is 14.4 Å². The topological polar surface area (TPSA) is 77.4 Å². The second-order valence-corrected chi connectivity index (χ2v) is 5.77. The molecule has 25 heavy (non-hydrogen) atoms. The summed E-state index contributed by atoms with van der Waals surface area (Å²) < 4.78 is 6.99. The van der Waals surface area contributed by atoms with Crippen LogP contribution in [0.25, 0.3) is 5.69 Å². The molecule has 1 aromatic heterocycles. The number of nitrogens with zero attached hydrogens (tertiary/aromatic N) is 1. The van der Waals surface area contributed by atoms with Gasteiger partial charge in [0.1, 0.15) is 0 Å². The molecule has 1 amide bonds. The van der Waals surface area contributed by atoms with E-state index in [1.165, 1.54) is 6.92 Å². The number of carbonyl (C=O) groups excluding carboxylic acids is 3. The maximum atomic E-state index is 12.4. The molecule has 0 atom stereocenters. The fraction of sp³-hybridized carbons (Fsp3) is 0.316. The summed E-state index contributed by atoms with van der Waals surface area (Å²) in [5, 5.41) is 2.51. The number of carbonyl (C=O) groups is 3. The monoisotopic (exact) mass is 342 g/mol. The van der Waals surface area contributed by atoms with Crippen LogP contribution < -0.4 is 5.32 Å². The van der Waals surface area contributed by atoms with Crippen LogP contribution in [-0.4, -0.2) is 35.4 Å². The van der Waals surface area contributed by atoms with Crippen molar-refractivity contribution in [1.29, 1.82) is 0 Å². The van der Waals surface area contributed by atoms with Crippen molar-refractivity contribution in [3.8, 4) is 5.69 Å². The minimum absolute atomic E-state index is 0.0376. The minimum Gasteiger partial charge on any atom is -0.457 e. The Morgan fingerprint density at radius 1 is 1.12 bits per heavy atom. The highest BCUT2D eigenvalue weighted by atomic mass is 16.5. The fourth-order valence-corrected chi connectivity index (χ4v) is 2.66. The highest BCUT2D eigenvalue weighted by Crippen LogP contribution is 2.21. The van der Waals surface area contributed by atoms with Crippen molar-refractivity contribution in [2.24, 2.45) is 0 Å². The molecule has 6 heteroatoms. The number of benzene rings is 1. The summed E-state index contributed by atoms with van der Waals surface area (Å²) >= 11 is 0. The van der Waals surface area contributed by atoms with E-state index in [0.717, 1.165) is 17.1 Å². The number of hydrogen-bond acceptors (Lipinski definition) is 4. The van der Waals surface area contributed by atoms with Gasteiger partial charge in [0.05, 0.1) is 6.42 Å². The average molecular weight is 342 g/mol. The Bertz CT molecular complexity index is 778. The van der Waals surface area contributed by atoms with Gasteiger partial charge >= 0.3 is 5.97 Å². The molecule has 1 N–H and O–H groups in total. The molecule has 132 valence electrons. The summed E-state index contributed by atoms with van der Waals surface area (Å²) in [6, 6.07) is 11.5. The molecule has 0 unspecified atom stereocenters. The molecule has 0 aliphatic carbocycles. The molecule has 0 saturated carbocycles. The molecule has 0 fully saturated rings. The first-order chi connectivity index (χ1) is 11.9. The number of rotatable bonds is 7. The zero-order chi connectivity index (χ0) is 18.4. The number of amides is 1. The first-order valence-corrected chi connectivity index (χ1v) is 8.07. The highest BCUT2D eigenvalue weighted by molar-refractivity contribution is 5.99. The number of Topliss-reactive ketones (excluding diaryl/α,β-unsaturated/α-hetero) is 1. The number of nitrogens with one attached hydrogen (secondary N) is 1. The van der Waals surface area contributed by atoms with Crippen molar-refractivity contribution in [3.63, 3.8) is 0 Å². The molecule has 0 aliphatic heterocycles. The summed E-state index contributed by atoms with van der Waals surface area (Å²) in [4.78, 5) is 34.7. The quantitative estimate of drug-likeness (QED) is 0.619. The molecule has 0 saturated heterocycles. The van der Waals surface area contributed by atoms with Crippen LogP contribution in [0, 0.1) is 13.8 Å². The number of para-hydroxylation sites is 1. The first kappa shape index (κ1) is 18.4. The van der Waals surface area contributed by atoms with Gasteiger partial charge < -0.3 is 14.6 Å². The first-order valence-electron chi connectivity index (χ1n) is 8.07. The molecular weight excluding hydrogens is 320 g/mol. The standard InChI is InChI=1S/C19H22N2O4/c1-13-11-17(14(2)21(13)16-7-5-4-6-8-16)18(23)12-25-19(24)9-10-20-15(3)22/h4-8,11H,9-10,12H2,1-3H3,(H,20,22). The van der Waals surface area contributed by atoms with Gasteiger partial charge in [-0.1, -0.05) is 18.2 Å². The predicted octanol–water partition coefficient (Wildman–Crippen LogP) is 2.35. The van der Waals surface area contributed by atoms with Crippen LogP contribution in [0.15, 0.2) is 36.4 Å². The Morgan fingerprint density at radius 3 is 2.44 bits per heavy atom. The second kappa shape index (κ2) is 8.28. The van der Waals surface area contributed by atoms with Gasteiger partial charge in [-0.15, -0.1) is 0 Å². The van der Waals surface area contributed by atoms with E-state index in [1.54, 1.807) is 6.07 Å². The number of ether oxygens (including phenoxy) is 1. The highest BCUT2D eigenvalue weighted by Gasteiger charge is 2.18. The number of ketones is 1. The summed E-state index contributed by atoms with van der Waals surface area (Å²) in [5.74, 6) is -0.973. The van der Waals surface area contributed by atoms with E-state index in [0.29, 0.717) is 5.56 Å². The van der Waals surface area contributed by atoms with E-state index < -0.39 is 5.97 Å². The van der Waals surface area contributed by atoms with Crippen LogP contribution in [0.1, 0.15) is 35.1 Å². The molecule has 2 rings (SSSR count). The van der Waals surface area contributed by atoms with E-state index in [9.17, 15) is 14.4 Å². The summed E-state index contributed by atoms with van der Waals surface area (Å²) in [6.07, 6.45) is 0.0376. The molecule has 0 radical (unpaired) electrons. The third-order valence-corrected chi connectivity index (χ3v) is 3.81. The zero-order valence-electron chi connectivity index (χ0n) is 14.7. The van der Waals surface area contributed by atoms with Gasteiger partial charge in [0, 0.05) is 36.1 Å². The van der Waals surface area contributed by atoms with Gasteiger partial charge in [0.25, 0.3) is 0 Å². The lowest BCUT2D eigenvalue weighted by atomic mass is 10.1. The predicted molar refractivity (Wildman–Crippen MR) is 93.8 cm³/mol. The smallest absolute Gasteiger partial charge is 0.308 e. The lowest BCUT2D eigenvalue weighted by Gasteiger charge is -2.09. The SMILES string of the molecule is CC(=O)NCCC(=O)OCC(=O)c1cc(C)n(-c2ccccc2)c1C. The summed E-state index contributed by atoms with van der Waals surface area (Å²) in [7, 11) is 0. The molecule has 0 spiro atoms. The van der Waals surface area contributed by atoms with Crippen LogP contribution in [-0.2, 0) is 14.3 Å². The Kier molecular flexibility index (Phi) is 6.11. The van der Waals surface area contributed by atoms with Crippen LogP contribution >= 0.6 is 0 Å². The van der Waals surface area contributed by atoms with Crippen LogP contribution in [0.2, 0.25) is 0 Å². The van der Waals surface area contributed by atoms with Crippen LogP contribution in [0.4, 0.5) is 0 Å². The van der Waals surface area contributed by atoms with Gasteiger partial charge in [0.15, 0.2) is 6.61 Å². The summed E-state index contributed by atoms with van der Waals surface area (Å²) in [6.45, 7) is 5.06. The third-order valence-electron chi connectivity index (χ3n) is 3.81. The van der Waals surface area contributed by atoms with E-state index in [1.807, 2.05) is 48.7 Å². The Hall–Kier alpha value is -2.89. The fourth-order valence-electron chi connectivity index (χ4n) is 2.66. The summed E-state index contributed by atoms with van der Waals surface area (Å²) in [5.41, 5.74) is 3.26.